The summed E-state index contributed by atoms with van der Waals surface area (Å²) in [4.78, 5) is 24.4. The van der Waals surface area contributed by atoms with Crippen molar-refractivity contribution in [2.24, 2.45) is 0 Å². The maximum atomic E-state index is 13.0. The Morgan fingerprint density at radius 1 is 1.24 bits per heavy atom. The minimum absolute atomic E-state index is 0.169. The number of hydrogen-bond acceptors (Lipinski definition) is 6. The van der Waals surface area contributed by atoms with Gasteiger partial charge >= 0.3 is 6.18 Å². The number of halogens is 3. The van der Waals surface area contributed by atoms with E-state index in [0.29, 0.717) is 54.8 Å². The van der Waals surface area contributed by atoms with Gasteiger partial charge in [-0.25, -0.2) is 9.97 Å². The van der Waals surface area contributed by atoms with E-state index >= 15 is 0 Å². The van der Waals surface area contributed by atoms with Crippen molar-refractivity contribution in [1.82, 2.24) is 14.9 Å². The number of amides is 1. The summed E-state index contributed by atoms with van der Waals surface area (Å²) in [6.07, 6.45) is -2.93. The average molecular weight is 408 g/mol. The van der Waals surface area contributed by atoms with Crippen LogP contribution in [0.15, 0.2) is 24.4 Å². The summed E-state index contributed by atoms with van der Waals surface area (Å²) in [7, 11) is 1.46. The average Bonchev–Trinajstić information content (AvgIpc) is 3.02. The molecule has 154 valence electrons. The topological polar surface area (TPSA) is 67.8 Å². The lowest BCUT2D eigenvalue weighted by Gasteiger charge is -2.28. The zero-order chi connectivity index (χ0) is 20.6. The van der Waals surface area contributed by atoms with Gasteiger partial charge in [0.1, 0.15) is 12.4 Å². The van der Waals surface area contributed by atoms with Gasteiger partial charge in [0.25, 0.3) is 5.91 Å². The molecule has 2 aromatic rings. The van der Waals surface area contributed by atoms with Crippen molar-refractivity contribution in [2.75, 3.05) is 44.9 Å². The number of pyridine rings is 2. The lowest BCUT2D eigenvalue weighted by atomic mass is 10.0. The normalized spacial score (nSPS) is 16.9. The molecule has 10 heteroatoms. The second kappa shape index (κ2) is 7.51. The molecule has 29 heavy (non-hydrogen) atoms. The molecular formula is C19H19F3N4O3. The minimum atomic E-state index is -4.48. The molecule has 0 bridgehead atoms. The molecule has 2 aliphatic heterocycles. The van der Waals surface area contributed by atoms with Crippen LogP contribution < -0.4 is 9.64 Å². The van der Waals surface area contributed by atoms with E-state index in [9.17, 15) is 18.0 Å². The largest absolute Gasteiger partial charge is 0.481 e. The van der Waals surface area contributed by atoms with Crippen LogP contribution in [0.3, 0.4) is 0 Å². The van der Waals surface area contributed by atoms with Crippen LogP contribution in [0.5, 0.6) is 5.88 Å². The number of nitrogens with zero attached hydrogens (tertiary/aromatic N) is 4. The first-order chi connectivity index (χ1) is 13.9. The van der Waals surface area contributed by atoms with E-state index in [1.165, 1.54) is 7.11 Å². The fraction of sp³-hybridized carbons (Fsp3) is 0.421. The molecule has 0 radical (unpaired) electrons. The van der Waals surface area contributed by atoms with Crippen molar-refractivity contribution in [3.05, 3.63) is 35.5 Å². The maximum absolute atomic E-state index is 13.0. The van der Waals surface area contributed by atoms with Gasteiger partial charge in [0.2, 0.25) is 5.88 Å². The van der Waals surface area contributed by atoms with Crippen LogP contribution in [0.1, 0.15) is 15.9 Å². The number of alkyl halides is 3. The van der Waals surface area contributed by atoms with Crippen LogP contribution >= 0.6 is 0 Å². The Morgan fingerprint density at radius 2 is 2.00 bits per heavy atom. The Balaban J connectivity index is 1.83. The summed E-state index contributed by atoms with van der Waals surface area (Å²) in [6.45, 7) is 0.705. The molecule has 0 N–H and O–H groups in total. The number of methoxy groups -OCH3 is 1. The highest BCUT2D eigenvalue weighted by molar-refractivity contribution is 6.01. The minimum Gasteiger partial charge on any atom is -0.481 e. The summed E-state index contributed by atoms with van der Waals surface area (Å²) < 4.78 is 49.5. The number of ether oxygens (including phenoxy) is 2. The summed E-state index contributed by atoms with van der Waals surface area (Å²) >= 11 is 0. The number of hydrogen-bond donors (Lipinski definition) is 0. The van der Waals surface area contributed by atoms with Gasteiger partial charge < -0.3 is 19.3 Å². The van der Waals surface area contributed by atoms with Crippen LogP contribution in [-0.2, 0) is 11.3 Å². The van der Waals surface area contributed by atoms with E-state index in [2.05, 4.69) is 4.98 Å². The number of anilines is 1. The zero-order valence-corrected chi connectivity index (χ0v) is 15.7. The van der Waals surface area contributed by atoms with Crippen molar-refractivity contribution in [3.8, 4) is 17.1 Å². The second-order valence-electron chi connectivity index (χ2n) is 6.79. The summed E-state index contributed by atoms with van der Waals surface area (Å²) in [6, 6.07) is 5.00. The predicted octanol–water partition coefficient (Wildman–Crippen LogP) is 2.51. The van der Waals surface area contributed by atoms with Gasteiger partial charge in [-0.05, 0) is 18.2 Å². The molecule has 0 unspecified atom stereocenters. The molecule has 2 aliphatic rings. The first-order valence-electron chi connectivity index (χ1n) is 9.09. The number of carbonyl (C=O) groups is 1. The van der Waals surface area contributed by atoms with E-state index in [1.807, 2.05) is 4.90 Å². The Hall–Kier alpha value is -2.88. The van der Waals surface area contributed by atoms with E-state index in [1.54, 1.807) is 24.4 Å². The second-order valence-corrected chi connectivity index (χ2v) is 6.79. The molecule has 0 aliphatic carbocycles. The lowest BCUT2D eigenvalue weighted by molar-refractivity contribution is -0.140. The van der Waals surface area contributed by atoms with Crippen molar-refractivity contribution in [3.63, 3.8) is 0 Å². The highest BCUT2D eigenvalue weighted by atomic mass is 19.4. The molecule has 1 amide bonds. The summed E-state index contributed by atoms with van der Waals surface area (Å²) in [5.41, 5.74) is 1.61. The summed E-state index contributed by atoms with van der Waals surface area (Å²) in [5, 5.41) is 0. The molecule has 1 saturated heterocycles. The predicted molar refractivity (Wildman–Crippen MR) is 97.8 cm³/mol. The van der Waals surface area contributed by atoms with Crippen LogP contribution in [-0.4, -0.2) is 66.9 Å². The first-order valence-corrected chi connectivity index (χ1v) is 9.09. The van der Waals surface area contributed by atoms with Crippen molar-refractivity contribution >= 4 is 11.7 Å². The van der Waals surface area contributed by atoms with Crippen LogP contribution in [0.4, 0.5) is 19.0 Å². The highest BCUT2D eigenvalue weighted by Crippen LogP contribution is 2.38. The molecular weight excluding hydrogens is 389 g/mol. The fourth-order valence-electron chi connectivity index (χ4n) is 3.60. The quantitative estimate of drug-likeness (QED) is 0.775. The molecule has 0 aromatic carbocycles. The molecule has 2 aromatic heterocycles. The first kappa shape index (κ1) is 19.4. The third-order valence-electron chi connectivity index (χ3n) is 4.90. The monoisotopic (exact) mass is 408 g/mol. The van der Waals surface area contributed by atoms with Gasteiger partial charge in [0.15, 0.2) is 0 Å². The summed E-state index contributed by atoms with van der Waals surface area (Å²) in [5.74, 6) is 0.163. The highest BCUT2D eigenvalue weighted by Gasteiger charge is 2.39. The van der Waals surface area contributed by atoms with E-state index in [-0.39, 0.29) is 12.1 Å². The number of morpholine rings is 1. The SMILES string of the molecule is COc1ncccc1-c1nc(N2CCOCC2)cc2c1CN(CC(F)(F)F)C2=O. The van der Waals surface area contributed by atoms with Gasteiger partial charge in [-0.15, -0.1) is 0 Å². The molecule has 4 rings (SSSR count). The smallest absolute Gasteiger partial charge is 0.406 e. The Kier molecular flexibility index (Phi) is 5.03. The van der Waals surface area contributed by atoms with E-state index < -0.39 is 18.6 Å². The van der Waals surface area contributed by atoms with Gasteiger partial charge in [0, 0.05) is 31.4 Å². The van der Waals surface area contributed by atoms with E-state index in [4.69, 9.17) is 14.5 Å². The molecule has 1 fully saturated rings. The van der Waals surface area contributed by atoms with E-state index in [0.717, 1.165) is 4.90 Å². The number of aromatic nitrogens is 2. The lowest BCUT2D eigenvalue weighted by Crippen LogP contribution is -2.37. The van der Waals surface area contributed by atoms with Gasteiger partial charge in [-0.3, -0.25) is 4.79 Å². The van der Waals surface area contributed by atoms with Gasteiger partial charge in [-0.2, -0.15) is 13.2 Å². The van der Waals surface area contributed by atoms with Crippen molar-refractivity contribution in [1.29, 1.82) is 0 Å². The van der Waals surface area contributed by atoms with Gasteiger partial charge in [-0.1, -0.05) is 0 Å². The molecule has 7 nitrogen and oxygen atoms in total. The standard InChI is InChI=1S/C19H19F3N4O3/c1-28-17-12(3-2-4-23-17)16-14-10-26(11-19(20,21)22)18(27)13(14)9-15(24-16)25-5-7-29-8-6-25/h2-4,9H,5-8,10-11H2,1H3. The molecule has 0 atom stereocenters. The Morgan fingerprint density at radius 3 is 2.69 bits per heavy atom. The van der Waals surface area contributed by atoms with Crippen molar-refractivity contribution < 1.29 is 27.4 Å². The Bertz CT molecular complexity index is 929. The molecule has 4 heterocycles. The number of fused-ring (bicyclic) bond motifs is 1. The van der Waals surface area contributed by atoms with Crippen LogP contribution in [0.2, 0.25) is 0 Å². The zero-order valence-electron chi connectivity index (χ0n) is 15.7. The van der Waals surface area contributed by atoms with Gasteiger partial charge in [0.05, 0.1) is 37.1 Å². The van der Waals surface area contributed by atoms with Crippen LogP contribution in [0, 0.1) is 0 Å². The van der Waals surface area contributed by atoms with Crippen molar-refractivity contribution in [2.45, 2.75) is 12.7 Å². The van der Waals surface area contributed by atoms with Crippen LogP contribution in [0.25, 0.3) is 11.3 Å². The third-order valence-corrected chi connectivity index (χ3v) is 4.90. The maximum Gasteiger partial charge on any atom is 0.406 e. The fourth-order valence-corrected chi connectivity index (χ4v) is 3.60. The number of rotatable bonds is 4. The number of carbonyl (C=O) groups excluding carboxylic acids is 1. The molecule has 0 saturated carbocycles. The third kappa shape index (κ3) is 3.84. The molecule has 0 spiro atoms. The Labute approximate surface area is 165 Å².